The standard InChI is InChI=1S/C31H29N2O2/c1-2-3-5-9-22-16-19-26-29(20-22)33(28-13-8-12-27(30(26)28)31(32)34)21-23-14-17-25(18-15-23)35-24-10-6-4-7-11-24/h4,6-8,10-18,20H,2-3,5,9,21H2,1H3,(H2,32,34). The summed E-state index contributed by atoms with van der Waals surface area (Å²) in [5, 5.41) is 1.82. The van der Waals surface area contributed by atoms with Crippen LogP contribution in [0.15, 0.2) is 84.9 Å². The molecule has 0 atom stereocenters. The van der Waals surface area contributed by atoms with Gasteiger partial charge in [0.05, 0.1) is 11.0 Å². The van der Waals surface area contributed by atoms with E-state index in [0.717, 1.165) is 51.7 Å². The number of benzene rings is 4. The van der Waals surface area contributed by atoms with Crippen LogP contribution in [-0.4, -0.2) is 10.5 Å². The second-order valence-corrected chi connectivity index (χ2v) is 8.93. The smallest absolute Gasteiger partial charge is 0.249 e. The average molecular weight is 462 g/mol. The number of fused-ring (bicyclic) bond motifs is 3. The van der Waals surface area contributed by atoms with Gasteiger partial charge in [0.25, 0.3) is 0 Å². The van der Waals surface area contributed by atoms with Crippen molar-refractivity contribution in [2.24, 2.45) is 5.73 Å². The molecule has 1 radical (unpaired) electrons. The Balaban J connectivity index is 1.53. The first-order valence-electron chi connectivity index (χ1n) is 12.2. The van der Waals surface area contributed by atoms with Crippen LogP contribution in [0.25, 0.3) is 21.8 Å². The number of aryl methyl sites for hydroxylation is 1. The quantitative estimate of drug-likeness (QED) is 0.235. The first kappa shape index (κ1) is 22.7. The fourth-order valence-electron chi connectivity index (χ4n) is 4.67. The molecular formula is C31H29N2O2. The lowest BCUT2D eigenvalue weighted by Crippen LogP contribution is -2.11. The number of carbonyl (C=O) groups excluding carboxylic acids is 1. The van der Waals surface area contributed by atoms with E-state index in [9.17, 15) is 4.79 Å². The number of carbonyl (C=O) groups is 1. The van der Waals surface area contributed by atoms with E-state index in [1.807, 2.05) is 48.5 Å². The van der Waals surface area contributed by atoms with Gasteiger partial charge in [-0.05, 0) is 72.5 Å². The van der Waals surface area contributed by atoms with Gasteiger partial charge >= 0.3 is 0 Å². The van der Waals surface area contributed by atoms with Crippen LogP contribution < -0.4 is 10.5 Å². The van der Waals surface area contributed by atoms with Crippen molar-refractivity contribution < 1.29 is 9.53 Å². The molecule has 4 nitrogen and oxygen atoms in total. The molecule has 5 rings (SSSR count). The van der Waals surface area contributed by atoms with Crippen molar-refractivity contribution >= 4 is 27.7 Å². The Labute approximate surface area is 205 Å². The Bertz CT molecular complexity index is 1470. The fraction of sp³-hybridized carbons (Fsp3) is 0.194. The van der Waals surface area contributed by atoms with E-state index in [-0.39, 0.29) is 0 Å². The van der Waals surface area contributed by atoms with Gasteiger partial charge in [-0.2, -0.15) is 0 Å². The van der Waals surface area contributed by atoms with Gasteiger partial charge in [0.15, 0.2) is 0 Å². The van der Waals surface area contributed by atoms with Crippen LogP contribution in [0.4, 0.5) is 0 Å². The van der Waals surface area contributed by atoms with E-state index in [4.69, 9.17) is 10.5 Å². The molecule has 0 saturated carbocycles. The minimum Gasteiger partial charge on any atom is -0.457 e. The molecule has 1 aromatic heterocycles. The third kappa shape index (κ3) is 4.78. The van der Waals surface area contributed by atoms with E-state index in [1.165, 1.54) is 18.4 Å². The third-order valence-corrected chi connectivity index (χ3v) is 6.43. The molecule has 0 fully saturated rings. The number of hydrogen-bond acceptors (Lipinski definition) is 2. The summed E-state index contributed by atoms with van der Waals surface area (Å²) in [6.07, 6.45) is 4.59. The zero-order chi connectivity index (χ0) is 24.2. The molecule has 0 bridgehead atoms. The second kappa shape index (κ2) is 10.1. The van der Waals surface area contributed by atoms with Gasteiger partial charge < -0.3 is 15.0 Å². The maximum atomic E-state index is 12.2. The van der Waals surface area contributed by atoms with Crippen LogP contribution in [0.2, 0.25) is 0 Å². The van der Waals surface area contributed by atoms with Gasteiger partial charge in [-0.25, -0.2) is 0 Å². The lowest BCUT2D eigenvalue weighted by Gasteiger charge is -2.11. The van der Waals surface area contributed by atoms with E-state index in [2.05, 4.69) is 47.9 Å². The number of ether oxygens (including phenoxy) is 1. The Kier molecular flexibility index (Phi) is 6.53. The van der Waals surface area contributed by atoms with Gasteiger partial charge in [-0.3, -0.25) is 4.79 Å². The maximum absolute atomic E-state index is 12.2. The first-order valence-corrected chi connectivity index (χ1v) is 12.2. The molecule has 1 heterocycles. The molecule has 4 heteroatoms. The summed E-state index contributed by atoms with van der Waals surface area (Å²) in [6.45, 7) is 2.88. The van der Waals surface area contributed by atoms with Crippen LogP contribution in [0.5, 0.6) is 11.5 Å². The molecule has 35 heavy (non-hydrogen) atoms. The zero-order valence-corrected chi connectivity index (χ0v) is 20.0. The molecule has 2 N–H and O–H groups in total. The van der Waals surface area contributed by atoms with E-state index < -0.39 is 5.91 Å². The van der Waals surface area contributed by atoms with Crippen molar-refractivity contribution in [3.63, 3.8) is 0 Å². The van der Waals surface area contributed by atoms with Gasteiger partial charge in [0.2, 0.25) is 5.91 Å². The first-order chi connectivity index (χ1) is 17.1. The predicted octanol–water partition coefficient (Wildman–Crippen LogP) is 7.27. The Morgan fingerprint density at radius 1 is 0.886 bits per heavy atom. The topological polar surface area (TPSA) is 57.2 Å². The molecule has 0 unspecified atom stereocenters. The number of nitrogens with two attached hydrogens (primary N) is 1. The predicted molar refractivity (Wildman–Crippen MR) is 142 cm³/mol. The van der Waals surface area contributed by atoms with Crippen LogP contribution >= 0.6 is 0 Å². The highest BCUT2D eigenvalue weighted by Gasteiger charge is 2.17. The largest absolute Gasteiger partial charge is 0.457 e. The van der Waals surface area contributed by atoms with Crippen LogP contribution in [0, 0.1) is 6.07 Å². The van der Waals surface area contributed by atoms with E-state index >= 15 is 0 Å². The molecule has 5 aromatic rings. The van der Waals surface area contributed by atoms with Crippen molar-refractivity contribution in [3.05, 3.63) is 108 Å². The van der Waals surface area contributed by atoms with E-state index in [0.29, 0.717) is 12.1 Å². The molecule has 1 amide bonds. The number of rotatable bonds is 9. The molecule has 4 aromatic carbocycles. The monoisotopic (exact) mass is 461 g/mol. The summed E-state index contributed by atoms with van der Waals surface area (Å²) in [5.41, 5.74) is 10.8. The van der Waals surface area contributed by atoms with Crippen molar-refractivity contribution in [1.82, 2.24) is 4.57 Å². The maximum Gasteiger partial charge on any atom is 0.249 e. The molecule has 0 aliphatic heterocycles. The number of primary amides is 1. The lowest BCUT2D eigenvalue weighted by atomic mass is 10.0. The summed E-state index contributed by atoms with van der Waals surface area (Å²) in [5.74, 6) is 1.19. The van der Waals surface area contributed by atoms with E-state index in [1.54, 1.807) is 6.07 Å². The highest BCUT2D eigenvalue weighted by Crippen LogP contribution is 2.33. The van der Waals surface area contributed by atoms with Crippen LogP contribution in [0.1, 0.15) is 47.7 Å². The molecule has 0 spiro atoms. The Morgan fingerprint density at radius 2 is 1.66 bits per heavy atom. The highest BCUT2D eigenvalue weighted by atomic mass is 16.5. The third-order valence-electron chi connectivity index (χ3n) is 6.43. The molecule has 175 valence electrons. The number of para-hydroxylation sites is 1. The summed E-state index contributed by atoms with van der Waals surface area (Å²) in [6, 6.07) is 31.5. The normalized spacial score (nSPS) is 11.2. The van der Waals surface area contributed by atoms with Gasteiger partial charge in [0.1, 0.15) is 11.5 Å². The van der Waals surface area contributed by atoms with Crippen molar-refractivity contribution in [2.75, 3.05) is 0 Å². The number of amides is 1. The summed E-state index contributed by atoms with van der Waals surface area (Å²) in [7, 11) is 0. The zero-order valence-electron chi connectivity index (χ0n) is 20.0. The summed E-state index contributed by atoms with van der Waals surface area (Å²) in [4.78, 5) is 12.2. The highest BCUT2D eigenvalue weighted by molar-refractivity contribution is 6.17. The van der Waals surface area contributed by atoms with Gasteiger partial charge in [-0.15, -0.1) is 0 Å². The van der Waals surface area contributed by atoms with Crippen LogP contribution in [-0.2, 0) is 13.0 Å². The Hall–Kier alpha value is -4.05. The average Bonchev–Trinajstić information content (AvgIpc) is 3.19. The molecule has 0 saturated heterocycles. The molecule has 0 aliphatic carbocycles. The summed E-state index contributed by atoms with van der Waals surface area (Å²) < 4.78 is 8.22. The Morgan fingerprint density at radius 3 is 2.40 bits per heavy atom. The molecule has 0 aliphatic rings. The minimum absolute atomic E-state index is 0.419. The van der Waals surface area contributed by atoms with Gasteiger partial charge in [0, 0.05) is 22.9 Å². The lowest BCUT2D eigenvalue weighted by molar-refractivity contribution is 0.100. The van der Waals surface area contributed by atoms with Gasteiger partial charge in [-0.1, -0.05) is 62.2 Å². The number of unbranched alkanes of at least 4 members (excludes halogenated alkanes) is 2. The second-order valence-electron chi connectivity index (χ2n) is 8.93. The minimum atomic E-state index is -0.419. The number of hydrogen-bond donors (Lipinski definition) is 1. The SMILES string of the molecule is CCCCCc1c[c]c2c3c(C(N)=O)cccc3n(Cc3ccc(Oc4ccccc4)cc3)c2c1. The van der Waals surface area contributed by atoms with Crippen molar-refractivity contribution in [2.45, 2.75) is 39.2 Å². The fourth-order valence-corrected chi connectivity index (χ4v) is 4.67. The van der Waals surface area contributed by atoms with Crippen molar-refractivity contribution in [3.8, 4) is 11.5 Å². The number of aromatic nitrogens is 1. The van der Waals surface area contributed by atoms with Crippen LogP contribution in [0.3, 0.4) is 0 Å². The molecular weight excluding hydrogens is 432 g/mol. The van der Waals surface area contributed by atoms with Crippen molar-refractivity contribution in [1.29, 1.82) is 0 Å². The number of nitrogens with zero attached hydrogens (tertiary/aromatic N) is 1. The summed E-state index contributed by atoms with van der Waals surface area (Å²) >= 11 is 0.